The van der Waals surface area contributed by atoms with Crippen LogP contribution in [0.1, 0.15) is 18.1 Å². The molecule has 0 spiro atoms. The molecule has 0 aliphatic heterocycles. The van der Waals surface area contributed by atoms with Crippen LogP contribution in [-0.2, 0) is 11.3 Å². The number of anilines is 1. The molecule has 2 N–H and O–H groups in total. The van der Waals surface area contributed by atoms with Gasteiger partial charge in [0, 0.05) is 18.2 Å². The first kappa shape index (κ1) is 11.9. The van der Waals surface area contributed by atoms with Crippen molar-refractivity contribution >= 4 is 5.69 Å². The van der Waals surface area contributed by atoms with Gasteiger partial charge in [0.25, 0.3) is 5.92 Å². The smallest absolute Gasteiger partial charge is 0.268 e. The largest absolute Gasteiger partial charge is 0.398 e. The Balaban J connectivity index is 2.51. The number of hydrogen-bond donors (Lipinski definition) is 1. The average Bonchev–Trinajstić information content (AvgIpc) is 2.07. The van der Waals surface area contributed by atoms with Crippen molar-refractivity contribution in [1.82, 2.24) is 0 Å². The molecular weight excluding hydrogens is 200 g/mol. The van der Waals surface area contributed by atoms with Gasteiger partial charge < -0.3 is 10.5 Å². The third-order valence-electron chi connectivity index (χ3n) is 1.91. The van der Waals surface area contributed by atoms with Crippen molar-refractivity contribution in [3.63, 3.8) is 0 Å². The Kier molecular flexibility index (Phi) is 3.63. The Morgan fingerprint density at radius 3 is 2.60 bits per heavy atom. The van der Waals surface area contributed by atoms with E-state index in [0.29, 0.717) is 5.69 Å². The number of nitrogen functional groups attached to an aromatic ring is 1. The molecule has 1 aromatic rings. The molecule has 1 rings (SSSR count). The molecule has 0 saturated carbocycles. The van der Waals surface area contributed by atoms with Gasteiger partial charge in [0.2, 0.25) is 0 Å². The molecular formula is C11H15F2NO. The summed E-state index contributed by atoms with van der Waals surface area (Å²) in [6.45, 7) is 2.28. The summed E-state index contributed by atoms with van der Waals surface area (Å²) in [7, 11) is 0. The van der Waals surface area contributed by atoms with Crippen LogP contribution in [0.3, 0.4) is 0 Å². The molecule has 0 aromatic heterocycles. The molecule has 0 heterocycles. The number of aryl methyl sites for hydroxylation is 1. The summed E-state index contributed by atoms with van der Waals surface area (Å²) in [4.78, 5) is 0. The SMILES string of the molecule is Cc1ccc(COCC(C)(F)F)c(N)c1. The Labute approximate surface area is 88.0 Å². The third kappa shape index (κ3) is 4.25. The summed E-state index contributed by atoms with van der Waals surface area (Å²) in [6, 6.07) is 5.46. The Morgan fingerprint density at radius 1 is 1.40 bits per heavy atom. The Morgan fingerprint density at radius 2 is 2.07 bits per heavy atom. The molecule has 84 valence electrons. The first-order valence-electron chi connectivity index (χ1n) is 4.69. The van der Waals surface area contributed by atoms with Crippen molar-refractivity contribution in [1.29, 1.82) is 0 Å². The maximum absolute atomic E-state index is 12.4. The van der Waals surface area contributed by atoms with E-state index in [0.717, 1.165) is 18.1 Å². The Hall–Kier alpha value is -1.16. The van der Waals surface area contributed by atoms with Gasteiger partial charge in [0.1, 0.15) is 6.61 Å². The number of rotatable bonds is 4. The molecule has 1 aromatic carbocycles. The monoisotopic (exact) mass is 215 g/mol. The normalized spacial score (nSPS) is 11.7. The third-order valence-corrected chi connectivity index (χ3v) is 1.91. The molecule has 0 aliphatic rings. The molecule has 2 nitrogen and oxygen atoms in total. The summed E-state index contributed by atoms with van der Waals surface area (Å²) in [6.07, 6.45) is 0. The number of hydrogen-bond acceptors (Lipinski definition) is 2. The minimum Gasteiger partial charge on any atom is -0.398 e. The molecule has 0 fully saturated rings. The van der Waals surface area contributed by atoms with Gasteiger partial charge in [-0.05, 0) is 18.6 Å². The van der Waals surface area contributed by atoms with Crippen molar-refractivity contribution in [3.8, 4) is 0 Å². The first-order chi connectivity index (χ1) is 6.88. The summed E-state index contributed by atoms with van der Waals surface area (Å²) in [5.41, 5.74) is 8.06. The van der Waals surface area contributed by atoms with E-state index in [4.69, 9.17) is 10.5 Å². The minimum atomic E-state index is -2.79. The lowest BCUT2D eigenvalue weighted by Crippen LogP contribution is -2.18. The summed E-state index contributed by atoms with van der Waals surface area (Å²) >= 11 is 0. The van der Waals surface area contributed by atoms with Gasteiger partial charge in [-0.1, -0.05) is 12.1 Å². The van der Waals surface area contributed by atoms with Crippen LogP contribution >= 0.6 is 0 Å². The van der Waals surface area contributed by atoms with Crippen LogP contribution in [0.15, 0.2) is 18.2 Å². The molecule has 4 heteroatoms. The molecule has 0 amide bonds. The van der Waals surface area contributed by atoms with Crippen LogP contribution in [-0.4, -0.2) is 12.5 Å². The molecule has 0 saturated heterocycles. The second-order valence-corrected chi connectivity index (χ2v) is 3.77. The average molecular weight is 215 g/mol. The van der Waals surface area contributed by atoms with Gasteiger partial charge >= 0.3 is 0 Å². The van der Waals surface area contributed by atoms with Crippen LogP contribution in [0.25, 0.3) is 0 Å². The fourth-order valence-electron chi connectivity index (χ4n) is 1.19. The van der Waals surface area contributed by atoms with Crippen molar-refractivity contribution in [2.75, 3.05) is 12.3 Å². The first-order valence-corrected chi connectivity index (χ1v) is 4.69. The van der Waals surface area contributed by atoms with Crippen LogP contribution in [0.5, 0.6) is 0 Å². The van der Waals surface area contributed by atoms with Gasteiger partial charge in [-0.25, -0.2) is 8.78 Å². The quantitative estimate of drug-likeness (QED) is 0.784. The highest BCUT2D eigenvalue weighted by Crippen LogP contribution is 2.17. The zero-order valence-corrected chi connectivity index (χ0v) is 8.89. The standard InChI is InChI=1S/C11H15F2NO/c1-8-3-4-9(10(14)5-8)6-15-7-11(2,12)13/h3-5H,6-7,14H2,1-2H3. The molecule has 0 bridgehead atoms. The predicted octanol–water partition coefficient (Wildman–Crippen LogP) is 2.75. The fraction of sp³-hybridized carbons (Fsp3) is 0.455. The van der Waals surface area contributed by atoms with Gasteiger partial charge in [0.05, 0.1) is 6.61 Å². The number of alkyl halides is 2. The van der Waals surface area contributed by atoms with Crippen molar-refractivity contribution < 1.29 is 13.5 Å². The lowest BCUT2D eigenvalue weighted by atomic mass is 10.1. The van der Waals surface area contributed by atoms with Crippen molar-refractivity contribution in [3.05, 3.63) is 29.3 Å². The van der Waals surface area contributed by atoms with Crippen LogP contribution in [0.2, 0.25) is 0 Å². The molecule has 15 heavy (non-hydrogen) atoms. The number of nitrogens with two attached hydrogens (primary N) is 1. The van der Waals surface area contributed by atoms with Gasteiger partial charge in [-0.15, -0.1) is 0 Å². The maximum atomic E-state index is 12.4. The van der Waals surface area contributed by atoms with Gasteiger partial charge in [-0.2, -0.15) is 0 Å². The highest BCUT2D eigenvalue weighted by Gasteiger charge is 2.21. The molecule has 0 aliphatic carbocycles. The van der Waals surface area contributed by atoms with Crippen molar-refractivity contribution in [2.45, 2.75) is 26.4 Å². The van der Waals surface area contributed by atoms with E-state index in [2.05, 4.69) is 0 Å². The van der Waals surface area contributed by atoms with E-state index in [1.165, 1.54) is 0 Å². The number of benzene rings is 1. The summed E-state index contributed by atoms with van der Waals surface area (Å²) in [5, 5.41) is 0. The summed E-state index contributed by atoms with van der Waals surface area (Å²) < 4.78 is 29.7. The van der Waals surface area contributed by atoms with E-state index in [-0.39, 0.29) is 6.61 Å². The maximum Gasteiger partial charge on any atom is 0.268 e. The molecule has 0 radical (unpaired) electrons. The highest BCUT2D eigenvalue weighted by molar-refractivity contribution is 5.48. The summed E-state index contributed by atoms with van der Waals surface area (Å²) in [5.74, 6) is -2.79. The zero-order valence-electron chi connectivity index (χ0n) is 8.89. The minimum absolute atomic E-state index is 0.121. The topological polar surface area (TPSA) is 35.2 Å². The highest BCUT2D eigenvalue weighted by atomic mass is 19.3. The molecule has 0 atom stereocenters. The van der Waals surface area contributed by atoms with Gasteiger partial charge in [-0.3, -0.25) is 0 Å². The lowest BCUT2D eigenvalue weighted by Gasteiger charge is -2.12. The zero-order chi connectivity index (χ0) is 11.5. The van der Waals surface area contributed by atoms with Crippen LogP contribution < -0.4 is 5.73 Å². The van der Waals surface area contributed by atoms with E-state index >= 15 is 0 Å². The second-order valence-electron chi connectivity index (χ2n) is 3.77. The second kappa shape index (κ2) is 4.57. The van der Waals surface area contributed by atoms with E-state index in [1.54, 1.807) is 12.1 Å². The molecule has 0 unspecified atom stereocenters. The van der Waals surface area contributed by atoms with Gasteiger partial charge in [0.15, 0.2) is 0 Å². The lowest BCUT2D eigenvalue weighted by molar-refractivity contribution is -0.0672. The van der Waals surface area contributed by atoms with Crippen LogP contribution in [0.4, 0.5) is 14.5 Å². The number of ether oxygens (including phenoxy) is 1. The van der Waals surface area contributed by atoms with E-state index < -0.39 is 12.5 Å². The van der Waals surface area contributed by atoms with E-state index in [9.17, 15) is 8.78 Å². The number of halogens is 2. The predicted molar refractivity (Wildman–Crippen MR) is 55.9 cm³/mol. The van der Waals surface area contributed by atoms with Crippen LogP contribution in [0, 0.1) is 6.92 Å². The Bertz CT molecular complexity index is 334. The van der Waals surface area contributed by atoms with Crippen molar-refractivity contribution in [2.24, 2.45) is 0 Å². The van der Waals surface area contributed by atoms with E-state index in [1.807, 2.05) is 13.0 Å². The fourth-order valence-corrected chi connectivity index (χ4v) is 1.19.